The number of methoxy groups -OCH3 is 1. The molecule has 0 fully saturated rings. The van der Waals surface area contributed by atoms with E-state index in [9.17, 15) is 4.39 Å². The van der Waals surface area contributed by atoms with E-state index in [4.69, 9.17) is 10.5 Å². The van der Waals surface area contributed by atoms with Gasteiger partial charge in [-0.3, -0.25) is 0 Å². The number of nitrogens with zero attached hydrogens (tertiary/aromatic N) is 1. The van der Waals surface area contributed by atoms with Crippen LogP contribution in [0.1, 0.15) is 12.5 Å². The van der Waals surface area contributed by atoms with E-state index in [1.54, 1.807) is 31.0 Å². The zero-order chi connectivity index (χ0) is 17.4. The molecule has 0 aliphatic carbocycles. The van der Waals surface area contributed by atoms with Crippen LogP contribution in [0.4, 0.5) is 4.39 Å². The molecule has 0 amide bonds. The van der Waals surface area contributed by atoms with Crippen molar-refractivity contribution in [1.82, 2.24) is 5.32 Å². The molecule has 24 heavy (non-hydrogen) atoms. The summed E-state index contributed by atoms with van der Waals surface area (Å²) in [7, 11) is 1.65. The first kappa shape index (κ1) is 18.3. The average molecular weight is 347 g/mol. The summed E-state index contributed by atoms with van der Waals surface area (Å²) in [5.74, 6) is 0.183. The summed E-state index contributed by atoms with van der Waals surface area (Å²) in [4.78, 5) is 6.41. The number of nitrogens with two attached hydrogens (primary N) is 1. The number of rotatable bonds is 7. The molecule has 2 rings (SSSR count). The zero-order valence-electron chi connectivity index (χ0n) is 13.8. The topological polar surface area (TPSA) is 59.6 Å². The van der Waals surface area contributed by atoms with Gasteiger partial charge in [-0.15, -0.1) is 0 Å². The lowest BCUT2D eigenvalue weighted by molar-refractivity contribution is 0.179. The van der Waals surface area contributed by atoms with Crippen molar-refractivity contribution in [2.75, 3.05) is 13.7 Å². The number of hydrogen-bond donors (Lipinski definition) is 2. The number of aliphatic imine (C=N–C) groups is 1. The first-order valence-electron chi connectivity index (χ1n) is 7.64. The van der Waals surface area contributed by atoms with Crippen molar-refractivity contribution in [2.45, 2.75) is 29.3 Å². The smallest absolute Gasteiger partial charge is 0.189 e. The molecule has 0 aliphatic heterocycles. The molecular weight excluding hydrogens is 325 g/mol. The summed E-state index contributed by atoms with van der Waals surface area (Å²) >= 11 is 1.59. The molecule has 3 N–H and O–H groups in total. The lowest BCUT2D eigenvalue weighted by Crippen LogP contribution is -2.40. The van der Waals surface area contributed by atoms with Gasteiger partial charge >= 0.3 is 0 Å². The Morgan fingerprint density at radius 3 is 2.33 bits per heavy atom. The maximum atomic E-state index is 12.9. The monoisotopic (exact) mass is 347 g/mol. The van der Waals surface area contributed by atoms with Gasteiger partial charge < -0.3 is 15.8 Å². The van der Waals surface area contributed by atoms with Crippen LogP contribution in [-0.4, -0.2) is 25.7 Å². The highest BCUT2D eigenvalue weighted by Crippen LogP contribution is 2.27. The highest BCUT2D eigenvalue weighted by atomic mass is 32.2. The first-order chi connectivity index (χ1) is 11.6. The molecule has 2 aromatic carbocycles. The number of hydrogen-bond acceptors (Lipinski definition) is 3. The first-order valence-corrected chi connectivity index (χ1v) is 8.46. The minimum absolute atomic E-state index is 0.119. The normalized spacial score (nSPS) is 12.9. The fourth-order valence-electron chi connectivity index (χ4n) is 2.07. The fourth-order valence-corrected chi connectivity index (χ4v) is 2.88. The second-order valence-corrected chi connectivity index (χ2v) is 6.55. The lowest BCUT2D eigenvalue weighted by Gasteiger charge is -2.13. The molecule has 0 aromatic heterocycles. The quantitative estimate of drug-likeness (QED) is 0.595. The third-order valence-corrected chi connectivity index (χ3v) is 4.23. The minimum atomic E-state index is -0.224. The Morgan fingerprint density at radius 1 is 1.17 bits per heavy atom. The summed E-state index contributed by atoms with van der Waals surface area (Å²) < 4.78 is 17.9. The number of guanidine groups is 1. The van der Waals surface area contributed by atoms with E-state index in [2.05, 4.69) is 10.3 Å². The lowest BCUT2D eigenvalue weighted by atomic mass is 10.2. The van der Waals surface area contributed by atoms with Gasteiger partial charge in [-0.1, -0.05) is 23.9 Å². The Hall–Kier alpha value is -2.05. The molecule has 0 saturated carbocycles. The molecule has 0 spiro atoms. The Bertz CT molecular complexity index is 659. The van der Waals surface area contributed by atoms with Crippen molar-refractivity contribution in [1.29, 1.82) is 0 Å². The number of benzene rings is 2. The van der Waals surface area contributed by atoms with E-state index in [0.717, 1.165) is 15.4 Å². The van der Waals surface area contributed by atoms with Crippen LogP contribution in [0, 0.1) is 5.82 Å². The molecule has 2 aromatic rings. The molecule has 0 bridgehead atoms. The summed E-state index contributed by atoms with van der Waals surface area (Å²) in [5.41, 5.74) is 6.92. The fraction of sp³-hybridized carbons (Fsp3) is 0.278. The summed E-state index contributed by atoms with van der Waals surface area (Å²) in [6, 6.07) is 14.7. The molecule has 6 heteroatoms. The predicted molar refractivity (Wildman–Crippen MR) is 96.8 cm³/mol. The Morgan fingerprint density at radius 2 is 1.75 bits per heavy atom. The van der Waals surface area contributed by atoms with E-state index >= 15 is 0 Å². The molecule has 128 valence electrons. The zero-order valence-corrected chi connectivity index (χ0v) is 14.6. The van der Waals surface area contributed by atoms with Crippen molar-refractivity contribution in [2.24, 2.45) is 10.7 Å². The van der Waals surface area contributed by atoms with E-state index < -0.39 is 0 Å². The second kappa shape index (κ2) is 9.30. The Labute approximate surface area is 146 Å². The molecular formula is C18H22FN3OS. The molecule has 1 unspecified atom stereocenters. The van der Waals surface area contributed by atoms with Crippen molar-refractivity contribution in [3.8, 4) is 0 Å². The number of halogens is 1. The standard InChI is InChI=1S/C18H22FN3OS/c1-13(12-23-2)22-18(20)21-11-14-3-7-16(8-4-14)24-17-9-5-15(19)6-10-17/h3-10,13H,11-12H2,1-2H3,(H3,20,21,22). The van der Waals surface area contributed by atoms with Crippen molar-refractivity contribution in [3.63, 3.8) is 0 Å². The second-order valence-electron chi connectivity index (χ2n) is 5.40. The van der Waals surface area contributed by atoms with Gasteiger partial charge in [0, 0.05) is 22.9 Å². The van der Waals surface area contributed by atoms with E-state index in [0.29, 0.717) is 19.1 Å². The summed E-state index contributed by atoms with van der Waals surface area (Å²) in [6.45, 7) is 3.07. The van der Waals surface area contributed by atoms with Crippen molar-refractivity contribution < 1.29 is 9.13 Å². The molecule has 4 nitrogen and oxygen atoms in total. The van der Waals surface area contributed by atoms with Crippen LogP contribution in [-0.2, 0) is 11.3 Å². The van der Waals surface area contributed by atoms with Gasteiger partial charge in [0.2, 0.25) is 0 Å². The average Bonchev–Trinajstić information content (AvgIpc) is 2.56. The van der Waals surface area contributed by atoms with Crippen LogP contribution < -0.4 is 11.1 Å². The maximum Gasteiger partial charge on any atom is 0.189 e. The van der Waals surface area contributed by atoms with Gasteiger partial charge in [-0.25, -0.2) is 9.38 Å². The third kappa shape index (κ3) is 6.22. The molecule has 0 heterocycles. The van der Waals surface area contributed by atoms with Crippen LogP contribution in [0.25, 0.3) is 0 Å². The molecule has 0 aliphatic rings. The van der Waals surface area contributed by atoms with Crippen molar-refractivity contribution in [3.05, 3.63) is 59.9 Å². The van der Waals surface area contributed by atoms with Gasteiger partial charge in [-0.2, -0.15) is 0 Å². The minimum Gasteiger partial charge on any atom is -0.383 e. The Kier molecular flexibility index (Phi) is 7.08. The predicted octanol–water partition coefficient (Wildman–Crippen LogP) is 3.42. The largest absolute Gasteiger partial charge is 0.383 e. The third-order valence-electron chi connectivity index (χ3n) is 3.22. The Balaban J connectivity index is 1.88. The van der Waals surface area contributed by atoms with Crippen LogP contribution in [0.3, 0.4) is 0 Å². The summed E-state index contributed by atoms with van der Waals surface area (Å²) in [6.07, 6.45) is 0. The van der Waals surface area contributed by atoms with Gasteiger partial charge in [0.25, 0.3) is 0 Å². The van der Waals surface area contributed by atoms with Crippen LogP contribution >= 0.6 is 11.8 Å². The van der Waals surface area contributed by atoms with Crippen LogP contribution in [0.2, 0.25) is 0 Å². The van der Waals surface area contributed by atoms with E-state index in [1.165, 1.54) is 12.1 Å². The molecule has 1 atom stereocenters. The van der Waals surface area contributed by atoms with Gasteiger partial charge in [0.05, 0.1) is 13.2 Å². The summed E-state index contributed by atoms with van der Waals surface area (Å²) in [5, 5.41) is 3.07. The van der Waals surface area contributed by atoms with E-state index in [-0.39, 0.29) is 11.9 Å². The van der Waals surface area contributed by atoms with Crippen LogP contribution in [0.15, 0.2) is 63.3 Å². The van der Waals surface area contributed by atoms with E-state index in [1.807, 2.05) is 31.2 Å². The SMILES string of the molecule is COCC(C)NC(N)=NCc1ccc(Sc2ccc(F)cc2)cc1. The highest BCUT2D eigenvalue weighted by Gasteiger charge is 2.02. The van der Waals surface area contributed by atoms with Gasteiger partial charge in [0.15, 0.2) is 5.96 Å². The van der Waals surface area contributed by atoms with Gasteiger partial charge in [0.1, 0.15) is 5.82 Å². The van der Waals surface area contributed by atoms with Crippen molar-refractivity contribution >= 4 is 17.7 Å². The highest BCUT2D eigenvalue weighted by molar-refractivity contribution is 7.99. The van der Waals surface area contributed by atoms with Crippen LogP contribution in [0.5, 0.6) is 0 Å². The maximum absolute atomic E-state index is 12.9. The molecule has 0 saturated heterocycles. The van der Waals surface area contributed by atoms with Gasteiger partial charge in [-0.05, 0) is 48.9 Å². The number of nitrogens with one attached hydrogen (secondary N) is 1. The number of ether oxygens (including phenoxy) is 1. The molecule has 0 radical (unpaired) electrons.